The molecule has 3 aromatic rings. The molecule has 0 radical (unpaired) electrons. The summed E-state index contributed by atoms with van der Waals surface area (Å²) in [6.07, 6.45) is 7.08. The molecule has 3 heterocycles. The zero-order valence-corrected chi connectivity index (χ0v) is 20.4. The molecular weight excluding hydrogens is 447 g/mol. The summed E-state index contributed by atoms with van der Waals surface area (Å²) in [6, 6.07) is 6.89. The first-order valence-electron chi connectivity index (χ1n) is 11.3. The number of nitrogens with one attached hydrogen (secondary N) is 1. The number of allylic oxidation sites excluding steroid dienone is 3. The van der Waals surface area contributed by atoms with Crippen molar-refractivity contribution in [3.8, 4) is 11.5 Å². The van der Waals surface area contributed by atoms with Crippen LogP contribution in [-0.2, 0) is 0 Å². The van der Waals surface area contributed by atoms with Crippen molar-refractivity contribution in [2.75, 3.05) is 32.7 Å². The molecule has 8 nitrogen and oxygen atoms in total. The first-order chi connectivity index (χ1) is 17.0. The Morgan fingerprint density at radius 1 is 1.29 bits per heavy atom. The molecule has 0 bridgehead atoms. The lowest BCUT2D eigenvalue weighted by molar-refractivity contribution is 0.374. The summed E-state index contributed by atoms with van der Waals surface area (Å²) < 4.78 is 26.2. The largest absolute Gasteiger partial charge is 0.497 e. The van der Waals surface area contributed by atoms with Gasteiger partial charge in [0.1, 0.15) is 17.1 Å². The van der Waals surface area contributed by atoms with Gasteiger partial charge in [0.05, 0.1) is 31.8 Å². The van der Waals surface area contributed by atoms with Gasteiger partial charge in [-0.2, -0.15) is 0 Å². The molecule has 1 saturated heterocycles. The van der Waals surface area contributed by atoms with Crippen molar-refractivity contribution >= 4 is 34.5 Å². The Morgan fingerprint density at radius 2 is 2.11 bits per heavy atom. The van der Waals surface area contributed by atoms with E-state index in [9.17, 15) is 0 Å². The number of methoxy groups -OCH3 is 2. The van der Waals surface area contributed by atoms with Crippen molar-refractivity contribution in [1.82, 2.24) is 20.3 Å². The third kappa shape index (κ3) is 5.08. The number of anilines is 2. The van der Waals surface area contributed by atoms with Crippen LogP contribution in [0.3, 0.4) is 0 Å². The van der Waals surface area contributed by atoms with Crippen LogP contribution >= 0.6 is 0 Å². The molecule has 35 heavy (non-hydrogen) atoms. The summed E-state index contributed by atoms with van der Waals surface area (Å²) in [5, 5.41) is 3.38. The van der Waals surface area contributed by atoms with E-state index in [0.29, 0.717) is 40.7 Å². The van der Waals surface area contributed by atoms with E-state index in [4.69, 9.17) is 19.4 Å². The van der Waals surface area contributed by atoms with E-state index in [2.05, 4.69) is 21.9 Å². The monoisotopic (exact) mass is 476 g/mol. The zero-order chi connectivity index (χ0) is 24.9. The number of hydrogen-bond donors (Lipinski definition) is 1. The Hall–Kier alpha value is -4.01. The standard InChI is InChI=1S/C26H29FN6O2/c1-6-17(13-28-3)21-14-29-20-9-10-24(32-26(20)31-21)33(15-18-8-7-16(2)30-18)22-11-19(34-4)12-23(35-5)25(22)27/h6,9-14,18,30H,2,7-8,15H2,1,3-5H3/b17-6+,28-13-. The average molecular weight is 477 g/mol. The smallest absolute Gasteiger partial charge is 0.188 e. The van der Waals surface area contributed by atoms with Crippen LogP contribution in [0, 0.1) is 5.82 Å². The highest BCUT2D eigenvalue weighted by atomic mass is 19.1. The minimum absolute atomic E-state index is 0.0735. The maximum Gasteiger partial charge on any atom is 0.188 e. The average Bonchev–Trinajstić information content (AvgIpc) is 3.30. The molecule has 1 N–H and O–H groups in total. The lowest BCUT2D eigenvalue weighted by Crippen LogP contribution is -2.35. The molecule has 9 heteroatoms. The van der Waals surface area contributed by atoms with E-state index in [0.717, 1.165) is 24.1 Å². The number of halogens is 1. The zero-order valence-electron chi connectivity index (χ0n) is 20.4. The second kappa shape index (κ2) is 10.5. The van der Waals surface area contributed by atoms with Crippen LogP contribution in [0.15, 0.2) is 53.8 Å². The van der Waals surface area contributed by atoms with E-state index >= 15 is 4.39 Å². The van der Waals surface area contributed by atoms with Gasteiger partial charge in [-0.1, -0.05) is 12.7 Å². The van der Waals surface area contributed by atoms with Crippen molar-refractivity contribution in [1.29, 1.82) is 0 Å². The molecule has 1 aromatic carbocycles. The molecule has 4 rings (SSSR count). The molecule has 0 spiro atoms. The third-order valence-corrected chi connectivity index (χ3v) is 5.89. The highest BCUT2D eigenvalue weighted by Gasteiger charge is 2.26. The highest BCUT2D eigenvalue weighted by Crippen LogP contribution is 2.37. The van der Waals surface area contributed by atoms with Gasteiger partial charge >= 0.3 is 0 Å². The van der Waals surface area contributed by atoms with E-state index in [1.54, 1.807) is 25.5 Å². The van der Waals surface area contributed by atoms with Crippen LogP contribution in [0.2, 0.25) is 0 Å². The minimum atomic E-state index is -0.498. The Kier molecular flexibility index (Phi) is 7.24. The highest BCUT2D eigenvalue weighted by molar-refractivity contribution is 6.09. The summed E-state index contributed by atoms with van der Waals surface area (Å²) >= 11 is 0. The molecule has 1 aliphatic rings. The molecule has 0 aliphatic carbocycles. The number of fused-ring (bicyclic) bond motifs is 1. The number of hydrogen-bond acceptors (Lipinski definition) is 8. The van der Waals surface area contributed by atoms with E-state index in [1.165, 1.54) is 20.3 Å². The molecular formula is C26H29FN6O2. The van der Waals surface area contributed by atoms with Crippen molar-refractivity contribution < 1.29 is 13.9 Å². The fourth-order valence-corrected chi connectivity index (χ4v) is 4.08. The third-order valence-electron chi connectivity index (χ3n) is 5.89. The summed E-state index contributed by atoms with van der Waals surface area (Å²) in [5.41, 5.74) is 3.85. The van der Waals surface area contributed by atoms with Crippen LogP contribution in [0.25, 0.3) is 16.7 Å². The minimum Gasteiger partial charge on any atom is -0.497 e. The van der Waals surface area contributed by atoms with Gasteiger partial charge in [0, 0.05) is 49.3 Å². The van der Waals surface area contributed by atoms with E-state index in [1.807, 2.05) is 30.0 Å². The molecule has 2 aromatic heterocycles. The maximum atomic E-state index is 15.6. The predicted octanol–water partition coefficient (Wildman–Crippen LogP) is 4.69. The van der Waals surface area contributed by atoms with Crippen LogP contribution < -0.4 is 19.7 Å². The quantitative estimate of drug-likeness (QED) is 0.472. The summed E-state index contributed by atoms with van der Waals surface area (Å²) in [5.74, 6) is 0.602. The number of rotatable bonds is 8. The predicted molar refractivity (Wildman–Crippen MR) is 137 cm³/mol. The fraction of sp³-hybridized carbons (Fsp3) is 0.308. The Bertz CT molecular complexity index is 1310. The lowest BCUT2D eigenvalue weighted by atomic mass is 10.1. The summed E-state index contributed by atoms with van der Waals surface area (Å²) in [4.78, 5) is 19.9. The van der Waals surface area contributed by atoms with Crippen LogP contribution in [-0.4, -0.2) is 55.0 Å². The van der Waals surface area contributed by atoms with Crippen LogP contribution in [0.1, 0.15) is 25.5 Å². The van der Waals surface area contributed by atoms with Crippen molar-refractivity contribution in [2.45, 2.75) is 25.8 Å². The van der Waals surface area contributed by atoms with Gasteiger partial charge in [0.25, 0.3) is 0 Å². The normalized spacial score (nSPS) is 16.1. The molecule has 1 fully saturated rings. The Labute approximate surface area is 204 Å². The maximum absolute atomic E-state index is 15.6. The van der Waals surface area contributed by atoms with Gasteiger partial charge in [-0.15, -0.1) is 0 Å². The van der Waals surface area contributed by atoms with Crippen LogP contribution in [0.5, 0.6) is 11.5 Å². The lowest BCUT2D eigenvalue weighted by Gasteiger charge is -2.28. The Morgan fingerprint density at radius 3 is 2.77 bits per heavy atom. The van der Waals surface area contributed by atoms with Gasteiger partial charge in [0.15, 0.2) is 17.2 Å². The van der Waals surface area contributed by atoms with Gasteiger partial charge in [0.2, 0.25) is 0 Å². The summed E-state index contributed by atoms with van der Waals surface area (Å²) in [6.45, 7) is 6.40. The van der Waals surface area contributed by atoms with Gasteiger partial charge < -0.3 is 19.7 Å². The fourth-order valence-electron chi connectivity index (χ4n) is 4.08. The summed E-state index contributed by atoms with van der Waals surface area (Å²) in [7, 11) is 4.67. The Balaban J connectivity index is 1.84. The molecule has 0 amide bonds. The van der Waals surface area contributed by atoms with Gasteiger partial charge in [-0.3, -0.25) is 9.98 Å². The van der Waals surface area contributed by atoms with Crippen molar-refractivity contribution in [2.24, 2.45) is 4.99 Å². The molecule has 0 saturated carbocycles. The molecule has 182 valence electrons. The SMILES string of the molecule is C=C1CCC(CN(c2ccc3ncc(C(/C=N\C)=C/C)nc3n2)c2cc(OC)cc(OC)c2F)N1. The van der Waals surface area contributed by atoms with Crippen molar-refractivity contribution in [3.05, 3.63) is 60.3 Å². The van der Waals surface area contributed by atoms with E-state index < -0.39 is 5.82 Å². The molecule has 1 unspecified atom stereocenters. The number of aliphatic imine (C=N–C) groups is 1. The molecule has 1 atom stereocenters. The number of ether oxygens (including phenoxy) is 2. The first kappa shape index (κ1) is 24.1. The van der Waals surface area contributed by atoms with Gasteiger partial charge in [-0.25, -0.2) is 14.4 Å². The van der Waals surface area contributed by atoms with Crippen molar-refractivity contribution in [3.63, 3.8) is 0 Å². The second-order valence-electron chi connectivity index (χ2n) is 8.16. The first-order valence-corrected chi connectivity index (χ1v) is 11.3. The number of benzene rings is 1. The van der Waals surface area contributed by atoms with Gasteiger partial charge in [-0.05, 0) is 31.9 Å². The topological polar surface area (TPSA) is 84.8 Å². The second-order valence-corrected chi connectivity index (χ2v) is 8.16. The number of aromatic nitrogens is 3. The number of nitrogens with zero attached hydrogens (tertiary/aromatic N) is 5. The molecule has 1 aliphatic heterocycles. The van der Waals surface area contributed by atoms with Crippen LogP contribution in [0.4, 0.5) is 15.9 Å². The number of pyridine rings is 1. The van der Waals surface area contributed by atoms with E-state index in [-0.39, 0.29) is 11.8 Å².